The second-order valence-corrected chi connectivity index (χ2v) is 5.36. The van der Waals surface area contributed by atoms with Gasteiger partial charge in [0, 0.05) is 17.7 Å². The zero-order valence-electron chi connectivity index (χ0n) is 9.99. The minimum Gasteiger partial charge on any atom is -0.377 e. The molecule has 0 fully saturated rings. The van der Waals surface area contributed by atoms with E-state index in [1.54, 1.807) is 6.07 Å². The average molecular weight is 292 g/mol. The van der Waals surface area contributed by atoms with Crippen molar-refractivity contribution < 1.29 is 4.79 Å². The van der Waals surface area contributed by atoms with E-state index in [1.165, 1.54) is 0 Å². The van der Waals surface area contributed by atoms with E-state index >= 15 is 0 Å². The van der Waals surface area contributed by atoms with Gasteiger partial charge in [-0.2, -0.15) is 0 Å². The summed E-state index contributed by atoms with van der Waals surface area (Å²) in [5.74, 6) is 0.144. The van der Waals surface area contributed by atoms with Crippen LogP contribution in [0, 0.1) is 0 Å². The lowest BCUT2D eigenvalue weighted by atomic mass is 9.92. The highest BCUT2D eigenvalue weighted by atomic mass is 35.5. The Balaban J connectivity index is 1.96. The van der Waals surface area contributed by atoms with Crippen LogP contribution in [0.2, 0.25) is 10.0 Å². The molecule has 1 aliphatic heterocycles. The van der Waals surface area contributed by atoms with Gasteiger partial charge in [-0.25, -0.2) is 0 Å². The molecular formula is C15H11Cl2NO. The Morgan fingerprint density at radius 3 is 2.63 bits per heavy atom. The zero-order chi connectivity index (χ0) is 13.4. The monoisotopic (exact) mass is 291 g/mol. The number of fused-ring (bicyclic) bond motifs is 1. The predicted molar refractivity (Wildman–Crippen MR) is 78.2 cm³/mol. The number of Topliss-reactive ketones (excluding diaryl/α,β-unsaturated/α-hetero) is 1. The molecule has 0 aromatic heterocycles. The van der Waals surface area contributed by atoms with Crippen molar-refractivity contribution in [3.63, 3.8) is 0 Å². The molecule has 2 aromatic carbocycles. The van der Waals surface area contributed by atoms with Gasteiger partial charge in [0.05, 0.1) is 16.1 Å². The first-order chi connectivity index (χ1) is 9.15. The van der Waals surface area contributed by atoms with Crippen LogP contribution in [0.3, 0.4) is 0 Å². The normalized spacial score (nSPS) is 17.8. The van der Waals surface area contributed by atoms with Crippen molar-refractivity contribution in [2.24, 2.45) is 0 Å². The predicted octanol–water partition coefficient (Wildman–Crippen LogP) is 4.73. The summed E-state index contributed by atoms with van der Waals surface area (Å²) < 4.78 is 0. The standard InChI is InChI=1S/C15H11Cl2NO/c16-11-6-5-9(7-12(11)17)14-8-15(19)10-3-1-2-4-13(10)18-14/h1-7,14,18H,8H2. The van der Waals surface area contributed by atoms with Gasteiger partial charge in [-0.1, -0.05) is 41.4 Å². The van der Waals surface area contributed by atoms with Crippen LogP contribution in [0.15, 0.2) is 42.5 Å². The van der Waals surface area contributed by atoms with E-state index < -0.39 is 0 Å². The average Bonchev–Trinajstić information content (AvgIpc) is 2.42. The van der Waals surface area contributed by atoms with Gasteiger partial charge in [0.25, 0.3) is 0 Å². The van der Waals surface area contributed by atoms with E-state index in [-0.39, 0.29) is 11.8 Å². The molecule has 1 N–H and O–H groups in total. The molecule has 2 nitrogen and oxygen atoms in total. The van der Waals surface area contributed by atoms with Crippen LogP contribution in [-0.2, 0) is 0 Å². The molecule has 0 bridgehead atoms. The Morgan fingerprint density at radius 2 is 1.84 bits per heavy atom. The Bertz CT molecular complexity index is 654. The lowest BCUT2D eigenvalue weighted by Crippen LogP contribution is -2.22. The van der Waals surface area contributed by atoms with E-state index in [1.807, 2.05) is 36.4 Å². The highest BCUT2D eigenvalue weighted by Gasteiger charge is 2.25. The molecule has 2 aromatic rings. The van der Waals surface area contributed by atoms with Crippen LogP contribution in [0.25, 0.3) is 0 Å². The number of hydrogen-bond acceptors (Lipinski definition) is 2. The Hall–Kier alpha value is -1.51. The Labute approximate surface area is 121 Å². The van der Waals surface area contributed by atoms with Gasteiger partial charge in [-0.15, -0.1) is 0 Å². The third-order valence-corrected chi connectivity index (χ3v) is 4.03. The highest BCUT2D eigenvalue weighted by molar-refractivity contribution is 6.42. The first-order valence-electron chi connectivity index (χ1n) is 5.99. The number of para-hydroxylation sites is 1. The molecule has 1 unspecified atom stereocenters. The van der Waals surface area contributed by atoms with Crippen LogP contribution in [0.1, 0.15) is 28.4 Å². The summed E-state index contributed by atoms with van der Waals surface area (Å²) in [6.07, 6.45) is 0.426. The van der Waals surface area contributed by atoms with Crippen LogP contribution in [-0.4, -0.2) is 5.78 Å². The molecule has 1 aliphatic rings. The smallest absolute Gasteiger partial charge is 0.167 e. The Kier molecular flexibility index (Phi) is 3.21. The fraction of sp³-hybridized carbons (Fsp3) is 0.133. The number of nitrogens with one attached hydrogen (secondary N) is 1. The van der Waals surface area contributed by atoms with Crippen LogP contribution < -0.4 is 5.32 Å². The summed E-state index contributed by atoms with van der Waals surface area (Å²) in [5.41, 5.74) is 2.59. The first-order valence-corrected chi connectivity index (χ1v) is 6.74. The third kappa shape index (κ3) is 2.34. The minimum atomic E-state index is -0.0582. The first kappa shape index (κ1) is 12.5. The molecule has 19 heavy (non-hydrogen) atoms. The van der Waals surface area contributed by atoms with E-state index in [2.05, 4.69) is 5.32 Å². The van der Waals surface area contributed by atoms with Crippen molar-refractivity contribution in [2.45, 2.75) is 12.5 Å². The molecule has 0 aliphatic carbocycles. The van der Waals surface area contributed by atoms with Gasteiger partial charge in [-0.05, 0) is 29.8 Å². The number of carbonyl (C=O) groups excluding carboxylic acids is 1. The molecule has 0 amide bonds. The summed E-state index contributed by atoms with van der Waals surface area (Å²) in [4.78, 5) is 12.1. The maximum Gasteiger partial charge on any atom is 0.167 e. The molecule has 3 rings (SSSR count). The van der Waals surface area contributed by atoms with Crippen LogP contribution in [0.5, 0.6) is 0 Å². The fourth-order valence-corrected chi connectivity index (χ4v) is 2.62. The van der Waals surface area contributed by atoms with Gasteiger partial charge in [-0.3, -0.25) is 4.79 Å². The summed E-state index contributed by atoms with van der Waals surface area (Å²) in [5, 5.41) is 4.40. The second-order valence-electron chi connectivity index (χ2n) is 4.54. The van der Waals surface area contributed by atoms with Crippen molar-refractivity contribution in [1.82, 2.24) is 0 Å². The van der Waals surface area contributed by atoms with Crippen LogP contribution >= 0.6 is 23.2 Å². The number of rotatable bonds is 1. The van der Waals surface area contributed by atoms with E-state index in [9.17, 15) is 4.79 Å². The summed E-state index contributed by atoms with van der Waals surface area (Å²) in [6, 6.07) is 12.9. The minimum absolute atomic E-state index is 0.0582. The molecule has 0 saturated heterocycles. The van der Waals surface area contributed by atoms with Gasteiger partial charge >= 0.3 is 0 Å². The molecule has 0 saturated carbocycles. The number of hydrogen-bond donors (Lipinski definition) is 1. The van der Waals surface area contributed by atoms with Crippen molar-refractivity contribution in [1.29, 1.82) is 0 Å². The maximum absolute atomic E-state index is 12.1. The molecule has 1 heterocycles. The van der Waals surface area contributed by atoms with Gasteiger partial charge in [0.15, 0.2) is 5.78 Å². The number of ketones is 1. The number of carbonyl (C=O) groups is 1. The van der Waals surface area contributed by atoms with E-state index in [0.717, 1.165) is 16.8 Å². The summed E-state index contributed by atoms with van der Waals surface area (Å²) in [7, 11) is 0. The van der Waals surface area contributed by atoms with E-state index in [0.29, 0.717) is 16.5 Å². The van der Waals surface area contributed by atoms with Crippen molar-refractivity contribution in [3.05, 3.63) is 63.6 Å². The van der Waals surface area contributed by atoms with Crippen molar-refractivity contribution in [3.8, 4) is 0 Å². The molecule has 1 atom stereocenters. The molecule has 96 valence electrons. The maximum atomic E-state index is 12.1. The fourth-order valence-electron chi connectivity index (χ4n) is 2.32. The van der Waals surface area contributed by atoms with Gasteiger partial charge < -0.3 is 5.32 Å². The molecule has 4 heteroatoms. The molecular weight excluding hydrogens is 281 g/mol. The Morgan fingerprint density at radius 1 is 1.05 bits per heavy atom. The topological polar surface area (TPSA) is 29.1 Å². The molecule has 0 radical (unpaired) electrons. The quantitative estimate of drug-likeness (QED) is 0.823. The third-order valence-electron chi connectivity index (χ3n) is 3.29. The van der Waals surface area contributed by atoms with Crippen molar-refractivity contribution >= 4 is 34.7 Å². The lowest BCUT2D eigenvalue weighted by Gasteiger charge is -2.26. The van der Waals surface area contributed by atoms with Crippen molar-refractivity contribution in [2.75, 3.05) is 5.32 Å². The van der Waals surface area contributed by atoms with Gasteiger partial charge in [0.2, 0.25) is 0 Å². The van der Waals surface area contributed by atoms with Gasteiger partial charge in [0.1, 0.15) is 0 Å². The SMILES string of the molecule is O=C1CC(c2ccc(Cl)c(Cl)c2)Nc2ccccc21. The number of benzene rings is 2. The summed E-state index contributed by atoms with van der Waals surface area (Å²) in [6.45, 7) is 0. The largest absolute Gasteiger partial charge is 0.377 e. The highest BCUT2D eigenvalue weighted by Crippen LogP contribution is 2.34. The zero-order valence-corrected chi connectivity index (χ0v) is 11.5. The second kappa shape index (κ2) is 4.87. The number of halogens is 2. The lowest BCUT2D eigenvalue weighted by molar-refractivity contribution is 0.0972. The molecule has 0 spiro atoms. The van der Waals surface area contributed by atoms with Crippen LogP contribution in [0.4, 0.5) is 5.69 Å². The number of anilines is 1. The summed E-state index contributed by atoms with van der Waals surface area (Å²) >= 11 is 11.9. The van der Waals surface area contributed by atoms with E-state index in [4.69, 9.17) is 23.2 Å².